The van der Waals surface area contributed by atoms with Crippen molar-refractivity contribution in [2.24, 2.45) is 0 Å². The molecule has 0 fully saturated rings. The van der Waals surface area contributed by atoms with Gasteiger partial charge in [-0.2, -0.15) is 0 Å². The number of carboxylic acids is 1. The zero-order valence-corrected chi connectivity index (χ0v) is 10.4. The fraction of sp³-hybridized carbons (Fsp3) is 0.214. The van der Waals surface area contributed by atoms with Gasteiger partial charge in [0.1, 0.15) is 0 Å². The topological polar surface area (TPSA) is 62.3 Å². The number of benzene rings is 1. The van der Waals surface area contributed by atoms with E-state index in [1.807, 2.05) is 31.3 Å². The van der Waals surface area contributed by atoms with Crippen molar-refractivity contribution in [3.8, 4) is 0 Å². The van der Waals surface area contributed by atoms with Crippen LogP contribution in [0.5, 0.6) is 0 Å². The van der Waals surface area contributed by atoms with Crippen LogP contribution in [0.15, 0.2) is 30.2 Å². The smallest absolute Gasteiger partial charge is 0.371 e. The summed E-state index contributed by atoms with van der Waals surface area (Å²) < 4.78 is 5.08. The largest absolute Gasteiger partial charge is 0.487 e. The summed E-state index contributed by atoms with van der Waals surface area (Å²) in [6, 6.07) is 5.74. The standard InChI is InChI=1S/C14H15NO3/c1-3-18-13(14(16)17)7-10-4-5-12-11(6-10)9(2)8-15-12/h4-8,15H,3H2,1-2H3,(H,16,17)/b13-7-. The Morgan fingerprint density at radius 3 is 2.94 bits per heavy atom. The minimum absolute atomic E-state index is 0.0370. The van der Waals surface area contributed by atoms with Crippen molar-refractivity contribution in [3.05, 3.63) is 41.3 Å². The molecule has 94 valence electrons. The van der Waals surface area contributed by atoms with Gasteiger partial charge >= 0.3 is 5.97 Å². The quantitative estimate of drug-likeness (QED) is 0.643. The number of aryl methyl sites for hydroxylation is 1. The van der Waals surface area contributed by atoms with Gasteiger partial charge in [0.25, 0.3) is 0 Å². The maximum absolute atomic E-state index is 11.0. The molecule has 0 atom stereocenters. The molecule has 2 rings (SSSR count). The summed E-state index contributed by atoms with van der Waals surface area (Å²) in [6.45, 7) is 4.10. The number of carbonyl (C=O) groups is 1. The van der Waals surface area contributed by atoms with Crippen LogP contribution < -0.4 is 0 Å². The molecule has 0 saturated carbocycles. The lowest BCUT2D eigenvalue weighted by Gasteiger charge is -2.03. The molecule has 0 aliphatic carbocycles. The number of rotatable bonds is 4. The van der Waals surface area contributed by atoms with E-state index in [1.54, 1.807) is 6.92 Å². The number of H-pyrrole nitrogens is 1. The Bertz CT molecular complexity index is 611. The van der Waals surface area contributed by atoms with Gasteiger partial charge in [-0.05, 0) is 43.2 Å². The van der Waals surface area contributed by atoms with Crippen molar-refractivity contribution in [2.75, 3.05) is 6.61 Å². The Labute approximate surface area is 105 Å². The minimum atomic E-state index is -1.05. The Kier molecular flexibility index (Phi) is 3.37. The molecule has 18 heavy (non-hydrogen) atoms. The third kappa shape index (κ3) is 2.37. The minimum Gasteiger partial charge on any atom is -0.487 e. The van der Waals surface area contributed by atoms with Gasteiger partial charge in [-0.3, -0.25) is 0 Å². The summed E-state index contributed by atoms with van der Waals surface area (Å²) in [5.74, 6) is -1.09. The van der Waals surface area contributed by atoms with E-state index >= 15 is 0 Å². The number of aliphatic carboxylic acids is 1. The molecule has 0 aliphatic rings. The monoisotopic (exact) mass is 245 g/mol. The number of hydrogen-bond donors (Lipinski definition) is 2. The Balaban J connectivity index is 2.43. The highest BCUT2D eigenvalue weighted by Gasteiger charge is 2.08. The molecule has 4 nitrogen and oxygen atoms in total. The van der Waals surface area contributed by atoms with E-state index in [4.69, 9.17) is 9.84 Å². The molecule has 0 saturated heterocycles. The molecule has 0 bridgehead atoms. The number of aromatic amines is 1. The average Bonchev–Trinajstić information content (AvgIpc) is 2.70. The van der Waals surface area contributed by atoms with E-state index in [-0.39, 0.29) is 5.76 Å². The van der Waals surface area contributed by atoms with Gasteiger partial charge in [-0.25, -0.2) is 4.79 Å². The van der Waals surface area contributed by atoms with Crippen molar-refractivity contribution in [2.45, 2.75) is 13.8 Å². The van der Waals surface area contributed by atoms with Crippen LogP contribution in [0, 0.1) is 6.92 Å². The maximum Gasteiger partial charge on any atom is 0.371 e. The number of hydrogen-bond acceptors (Lipinski definition) is 2. The van der Waals surface area contributed by atoms with Crippen molar-refractivity contribution >= 4 is 22.9 Å². The summed E-state index contributed by atoms with van der Waals surface area (Å²) in [4.78, 5) is 14.1. The van der Waals surface area contributed by atoms with E-state index < -0.39 is 5.97 Å². The third-order valence-corrected chi connectivity index (χ3v) is 2.72. The van der Waals surface area contributed by atoms with Crippen LogP contribution >= 0.6 is 0 Å². The Morgan fingerprint density at radius 1 is 1.50 bits per heavy atom. The van der Waals surface area contributed by atoms with Crippen LogP contribution in [0.2, 0.25) is 0 Å². The molecule has 0 aliphatic heterocycles. The van der Waals surface area contributed by atoms with Crippen molar-refractivity contribution in [1.29, 1.82) is 0 Å². The second-order valence-electron chi connectivity index (χ2n) is 4.02. The molecule has 1 aromatic heterocycles. The first-order valence-electron chi connectivity index (χ1n) is 5.77. The van der Waals surface area contributed by atoms with E-state index in [0.717, 1.165) is 22.0 Å². The summed E-state index contributed by atoms with van der Waals surface area (Å²) in [6.07, 6.45) is 3.47. The third-order valence-electron chi connectivity index (χ3n) is 2.72. The summed E-state index contributed by atoms with van der Waals surface area (Å²) in [5, 5.41) is 10.1. The number of aromatic nitrogens is 1. The number of fused-ring (bicyclic) bond motifs is 1. The molecule has 0 unspecified atom stereocenters. The molecular formula is C14H15NO3. The second kappa shape index (κ2) is 4.96. The fourth-order valence-electron chi connectivity index (χ4n) is 1.84. The van der Waals surface area contributed by atoms with Crippen LogP contribution in [0.4, 0.5) is 0 Å². The first kappa shape index (κ1) is 12.2. The first-order chi connectivity index (χ1) is 8.61. The molecule has 0 spiro atoms. The van der Waals surface area contributed by atoms with Crippen molar-refractivity contribution in [1.82, 2.24) is 4.98 Å². The highest BCUT2D eigenvalue weighted by molar-refractivity contribution is 5.91. The second-order valence-corrected chi connectivity index (χ2v) is 4.02. The van der Waals surface area contributed by atoms with Crippen molar-refractivity contribution < 1.29 is 14.6 Å². The predicted octanol–water partition coefficient (Wildman–Crippen LogP) is 2.94. The Morgan fingerprint density at radius 2 is 2.28 bits per heavy atom. The van der Waals surface area contributed by atoms with E-state index in [2.05, 4.69) is 4.98 Å². The lowest BCUT2D eigenvalue weighted by Crippen LogP contribution is -2.04. The van der Waals surface area contributed by atoms with Crippen LogP contribution in [0.25, 0.3) is 17.0 Å². The van der Waals surface area contributed by atoms with E-state index in [0.29, 0.717) is 6.61 Å². The van der Waals surface area contributed by atoms with Gasteiger partial charge in [0.05, 0.1) is 6.61 Å². The lowest BCUT2D eigenvalue weighted by molar-refractivity contribution is -0.136. The fourth-order valence-corrected chi connectivity index (χ4v) is 1.84. The first-order valence-corrected chi connectivity index (χ1v) is 5.77. The summed E-state index contributed by atoms with van der Waals surface area (Å²) in [5.41, 5.74) is 2.99. The van der Waals surface area contributed by atoms with Gasteiger partial charge in [-0.1, -0.05) is 6.07 Å². The number of carboxylic acid groups (broad SMARTS) is 1. The van der Waals surface area contributed by atoms with Gasteiger partial charge in [0, 0.05) is 17.1 Å². The molecule has 2 aromatic rings. The molecule has 0 amide bonds. The van der Waals surface area contributed by atoms with E-state index in [1.165, 1.54) is 6.08 Å². The summed E-state index contributed by atoms with van der Waals surface area (Å²) in [7, 11) is 0. The molecule has 0 radical (unpaired) electrons. The van der Waals surface area contributed by atoms with Crippen LogP contribution in [0.1, 0.15) is 18.1 Å². The highest BCUT2D eigenvalue weighted by Crippen LogP contribution is 2.20. The van der Waals surface area contributed by atoms with Gasteiger partial charge in [0.2, 0.25) is 5.76 Å². The molecule has 4 heteroatoms. The molecular weight excluding hydrogens is 230 g/mol. The van der Waals surface area contributed by atoms with Gasteiger partial charge in [0.15, 0.2) is 0 Å². The normalized spacial score (nSPS) is 11.8. The maximum atomic E-state index is 11.0. The predicted molar refractivity (Wildman–Crippen MR) is 70.3 cm³/mol. The highest BCUT2D eigenvalue weighted by atomic mass is 16.5. The van der Waals surface area contributed by atoms with Crippen LogP contribution in [0.3, 0.4) is 0 Å². The van der Waals surface area contributed by atoms with Crippen LogP contribution in [-0.4, -0.2) is 22.7 Å². The van der Waals surface area contributed by atoms with Gasteiger partial charge < -0.3 is 14.8 Å². The average molecular weight is 245 g/mol. The summed E-state index contributed by atoms with van der Waals surface area (Å²) >= 11 is 0. The Hall–Kier alpha value is -2.23. The zero-order chi connectivity index (χ0) is 13.1. The van der Waals surface area contributed by atoms with Crippen molar-refractivity contribution in [3.63, 3.8) is 0 Å². The lowest BCUT2D eigenvalue weighted by atomic mass is 10.1. The van der Waals surface area contributed by atoms with Gasteiger partial charge in [-0.15, -0.1) is 0 Å². The molecule has 2 N–H and O–H groups in total. The number of nitrogens with one attached hydrogen (secondary N) is 1. The van der Waals surface area contributed by atoms with Crippen LogP contribution in [-0.2, 0) is 9.53 Å². The number of ether oxygens (including phenoxy) is 1. The zero-order valence-electron chi connectivity index (χ0n) is 10.4. The molecule has 1 heterocycles. The molecule has 1 aromatic carbocycles. The SMILES string of the molecule is CCO/C(=C\c1ccc2[nH]cc(C)c2c1)C(=O)O. The van der Waals surface area contributed by atoms with E-state index in [9.17, 15) is 4.79 Å².